The number of anilines is 1. The smallest absolute Gasteiger partial charge is 0.264 e. The van der Waals surface area contributed by atoms with Gasteiger partial charge in [0.1, 0.15) is 24.2 Å². The van der Waals surface area contributed by atoms with Crippen molar-refractivity contribution in [1.29, 1.82) is 0 Å². The van der Waals surface area contributed by atoms with Gasteiger partial charge in [-0.3, -0.25) is 13.9 Å². The molecule has 2 amide bonds. The first kappa shape index (κ1) is 33.2. The van der Waals surface area contributed by atoms with Crippen LogP contribution < -0.4 is 14.4 Å². The van der Waals surface area contributed by atoms with Gasteiger partial charge in [-0.25, -0.2) is 12.8 Å². The Morgan fingerprint density at radius 1 is 0.889 bits per heavy atom. The SMILES string of the molecule is COc1cccc(N(CC(=O)N(Cc2ccccc2F)[C@H](Cc2ccccc2)C(=O)NC(C)C)S(=O)(=O)c2ccc(C)cc2)c1. The molecule has 236 valence electrons. The highest BCUT2D eigenvalue weighted by Gasteiger charge is 2.35. The number of benzene rings is 4. The summed E-state index contributed by atoms with van der Waals surface area (Å²) >= 11 is 0. The summed E-state index contributed by atoms with van der Waals surface area (Å²) in [6.45, 7) is 4.54. The molecular formula is C35H38FN3O5S. The van der Waals surface area contributed by atoms with Crippen molar-refractivity contribution in [2.45, 2.75) is 50.7 Å². The van der Waals surface area contributed by atoms with Gasteiger partial charge in [0.05, 0.1) is 17.7 Å². The molecule has 0 aliphatic carbocycles. The van der Waals surface area contributed by atoms with Gasteiger partial charge < -0.3 is 15.0 Å². The lowest BCUT2D eigenvalue weighted by Gasteiger charge is -2.34. The van der Waals surface area contributed by atoms with E-state index in [1.807, 2.05) is 37.3 Å². The van der Waals surface area contributed by atoms with E-state index in [9.17, 15) is 18.0 Å². The van der Waals surface area contributed by atoms with Crippen LogP contribution in [-0.2, 0) is 32.6 Å². The van der Waals surface area contributed by atoms with Crippen molar-refractivity contribution in [2.24, 2.45) is 0 Å². The second-order valence-corrected chi connectivity index (χ2v) is 12.9. The second kappa shape index (κ2) is 14.9. The minimum Gasteiger partial charge on any atom is -0.497 e. The van der Waals surface area contributed by atoms with Gasteiger partial charge in [-0.15, -0.1) is 0 Å². The number of sulfonamides is 1. The molecule has 0 spiro atoms. The van der Waals surface area contributed by atoms with Crippen LogP contribution in [0.2, 0.25) is 0 Å². The number of halogens is 1. The summed E-state index contributed by atoms with van der Waals surface area (Å²) in [6, 6.07) is 26.6. The molecule has 10 heteroatoms. The average Bonchev–Trinajstić information content (AvgIpc) is 3.02. The first-order chi connectivity index (χ1) is 21.5. The molecule has 0 saturated heterocycles. The maximum atomic E-state index is 15.0. The lowest BCUT2D eigenvalue weighted by atomic mass is 10.0. The van der Waals surface area contributed by atoms with Crippen molar-refractivity contribution < 1.29 is 27.1 Å². The van der Waals surface area contributed by atoms with E-state index in [1.54, 1.807) is 56.3 Å². The zero-order valence-electron chi connectivity index (χ0n) is 25.8. The van der Waals surface area contributed by atoms with Crippen LogP contribution in [0.1, 0.15) is 30.5 Å². The second-order valence-electron chi connectivity index (χ2n) is 11.0. The third-order valence-corrected chi connectivity index (χ3v) is 9.02. The molecule has 1 atom stereocenters. The van der Waals surface area contributed by atoms with Crippen molar-refractivity contribution >= 4 is 27.5 Å². The highest BCUT2D eigenvalue weighted by molar-refractivity contribution is 7.92. The average molecular weight is 632 g/mol. The van der Waals surface area contributed by atoms with E-state index in [2.05, 4.69) is 5.32 Å². The number of hydrogen-bond acceptors (Lipinski definition) is 5. The van der Waals surface area contributed by atoms with E-state index in [-0.39, 0.29) is 35.2 Å². The van der Waals surface area contributed by atoms with Crippen LogP contribution >= 0.6 is 0 Å². The fourth-order valence-corrected chi connectivity index (χ4v) is 6.28. The molecule has 0 saturated carbocycles. The van der Waals surface area contributed by atoms with Crippen LogP contribution in [0.5, 0.6) is 5.75 Å². The molecule has 0 aliphatic rings. The fourth-order valence-electron chi connectivity index (χ4n) is 4.88. The summed E-state index contributed by atoms with van der Waals surface area (Å²) in [5.74, 6) is -1.27. The van der Waals surface area contributed by atoms with Gasteiger partial charge in [0.15, 0.2) is 0 Å². The summed E-state index contributed by atoms with van der Waals surface area (Å²) in [6.07, 6.45) is 0.128. The molecule has 0 radical (unpaired) electrons. The van der Waals surface area contributed by atoms with E-state index < -0.39 is 40.2 Å². The molecule has 8 nitrogen and oxygen atoms in total. The van der Waals surface area contributed by atoms with Gasteiger partial charge >= 0.3 is 0 Å². The predicted octanol–water partition coefficient (Wildman–Crippen LogP) is 5.50. The molecule has 0 aromatic heterocycles. The summed E-state index contributed by atoms with van der Waals surface area (Å²) < 4.78 is 49.6. The first-order valence-electron chi connectivity index (χ1n) is 14.6. The Morgan fingerprint density at radius 3 is 2.20 bits per heavy atom. The molecule has 4 rings (SSSR count). The molecule has 0 aliphatic heterocycles. The first-order valence-corrected chi connectivity index (χ1v) is 16.0. The van der Waals surface area contributed by atoms with E-state index in [1.165, 1.54) is 42.3 Å². The summed E-state index contributed by atoms with van der Waals surface area (Å²) in [7, 11) is -2.81. The number of amides is 2. The van der Waals surface area contributed by atoms with Crippen molar-refractivity contribution in [3.63, 3.8) is 0 Å². The van der Waals surface area contributed by atoms with E-state index in [4.69, 9.17) is 4.74 Å². The van der Waals surface area contributed by atoms with Gasteiger partial charge in [-0.05, 0) is 56.7 Å². The number of carbonyl (C=O) groups excluding carboxylic acids is 2. The monoisotopic (exact) mass is 631 g/mol. The van der Waals surface area contributed by atoms with Crippen LogP contribution in [0.25, 0.3) is 0 Å². The van der Waals surface area contributed by atoms with Crippen LogP contribution in [0.3, 0.4) is 0 Å². The highest BCUT2D eigenvalue weighted by Crippen LogP contribution is 2.28. The lowest BCUT2D eigenvalue weighted by molar-refractivity contribution is -0.140. The van der Waals surface area contributed by atoms with Crippen molar-refractivity contribution in [1.82, 2.24) is 10.2 Å². The van der Waals surface area contributed by atoms with E-state index in [0.29, 0.717) is 5.75 Å². The quantitative estimate of drug-likeness (QED) is 0.210. The standard InChI is InChI=1S/C35H38FN3O5S/c1-25(2)37-35(41)33(21-27-11-6-5-7-12-27)38(23-28-13-8-9-16-32(28)36)34(40)24-39(29-14-10-15-30(22-29)44-4)45(42,43)31-19-17-26(3)18-20-31/h5-20,22,25,33H,21,23-24H2,1-4H3,(H,37,41)/t33-/m1/s1. The number of carbonyl (C=O) groups is 2. The maximum Gasteiger partial charge on any atom is 0.264 e. The molecule has 0 heterocycles. The molecule has 0 unspecified atom stereocenters. The number of aryl methyl sites for hydroxylation is 1. The Morgan fingerprint density at radius 2 is 1.56 bits per heavy atom. The van der Waals surface area contributed by atoms with Gasteiger partial charge in [0, 0.05) is 30.6 Å². The molecule has 0 bridgehead atoms. The molecule has 4 aromatic carbocycles. The topological polar surface area (TPSA) is 96.0 Å². The Balaban J connectivity index is 1.83. The summed E-state index contributed by atoms with van der Waals surface area (Å²) in [5, 5.41) is 2.89. The van der Waals surface area contributed by atoms with Gasteiger partial charge in [-0.1, -0.05) is 72.3 Å². The number of nitrogens with zero attached hydrogens (tertiary/aromatic N) is 2. The van der Waals surface area contributed by atoms with E-state index >= 15 is 4.39 Å². The lowest BCUT2D eigenvalue weighted by Crippen LogP contribution is -2.54. The Hall–Kier alpha value is -4.70. The van der Waals surface area contributed by atoms with Crippen molar-refractivity contribution in [3.05, 3.63) is 126 Å². The molecular weight excluding hydrogens is 593 g/mol. The van der Waals surface area contributed by atoms with Crippen LogP contribution in [0, 0.1) is 12.7 Å². The van der Waals surface area contributed by atoms with Crippen molar-refractivity contribution in [2.75, 3.05) is 18.0 Å². The zero-order valence-corrected chi connectivity index (χ0v) is 26.6. The Bertz CT molecular complexity index is 1710. The van der Waals surface area contributed by atoms with Crippen LogP contribution in [0.15, 0.2) is 108 Å². The fraction of sp³-hybridized carbons (Fsp3) is 0.257. The number of rotatable bonds is 13. The van der Waals surface area contributed by atoms with E-state index in [0.717, 1.165) is 15.4 Å². The largest absolute Gasteiger partial charge is 0.497 e. The van der Waals surface area contributed by atoms with Crippen LogP contribution in [-0.4, -0.2) is 50.9 Å². The number of methoxy groups -OCH3 is 1. The van der Waals surface area contributed by atoms with Crippen LogP contribution in [0.4, 0.5) is 10.1 Å². The number of hydrogen-bond donors (Lipinski definition) is 1. The third kappa shape index (κ3) is 8.48. The molecule has 4 aromatic rings. The number of nitrogens with one attached hydrogen (secondary N) is 1. The normalized spacial score (nSPS) is 12.0. The van der Waals surface area contributed by atoms with Crippen molar-refractivity contribution in [3.8, 4) is 5.75 Å². The molecule has 45 heavy (non-hydrogen) atoms. The minimum atomic E-state index is -4.27. The Kier molecular flexibility index (Phi) is 11.0. The zero-order chi connectivity index (χ0) is 32.6. The number of ether oxygens (including phenoxy) is 1. The summed E-state index contributed by atoms with van der Waals surface area (Å²) in [5.41, 5.74) is 2.04. The highest BCUT2D eigenvalue weighted by atomic mass is 32.2. The molecule has 1 N–H and O–H groups in total. The van der Waals surface area contributed by atoms with Gasteiger partial charge in [0.25, 0.3) is 10.0 Å². The van der Waals surface area contributed by atoms with Gasteiger partial charge in [0.2, 0.25) is 11.8 Å². The Labute approximate surface area is 264 Å². The maximum absolute atomic E-state index is 15.0. The molecule has 0 fully saturated rings. The third-order valence-electron chi connectivity index (χ3n) is 7.23. The summed E-state index contributed by atoms with van der Waals surface area (Å²) in [4.78, 5) is 29.4. The minimum absolute atomic E-state index is 0.0113. The van der Waals surface area contributed by atoms with Gasteiger partial charge in [-0.2, -0.15) is 0 Å². The predicted molar refractivity (Wildman–Crippen MR) is 173 cm³/mol.